The summed E-state index contributed by atoms with van der Waals surface area (Å²) in [7, 11) is 0. The lowest BCUT2D eigenvalue weighted by molar-refractivity contribution is 0.0642. The minimum Gasteiger partial charge on any atom is -0.330 e. The number of amides is 1. The minimum absolute atomic E-state index is 0.0925. The highest BCUT2D eigenvalue weighted by Crippen LogP contribution is 2.25. The van der Waals surface area contributed by atoms with E-state index in [-0.39, 0.29) is 11.9 Å². The molecule has 1 N–H and O–H groups in total. The maximum atomic E-state index is 13.3. The van der Waals surface area contributed by atoms with E-state index in [1.165, 1.54) is 0 Å². The molecule has 1 saturated heterocycles. The standard InChI is InChI=1S/C19H21Cl2N3O/c20-14-6-7-18(21)17(12-14)19(25)24(13-15-4-1-2-10-23-15)16-5-3-9-22-11-8-16/h1-2,4,6-7,10,12,16,22H,3,5,8-9,11,13H2. The van der Waals surface area contributed by atoms with Crippen LogP contribution in [0.3, 0.4) is 0 Å². The number of nitrogens with one attached hydrogen (secondary N) is 1. The van der Waals surface area contributed by atoms with Gasteiger partial charge in [-0.2, -0.15) is 0 Å². The van der Waals surface area contributed by atoms with Gasteiger partial charge in [0.05, 0.1) is 22.8 Å². The molecule has 0 saturated carbocycles. The van der Waals surface area contributed by atoms with Crippen LogP contribution in [-0.4, -0.2) is 34.9 Å². The van der Waals surface area contributed by atoms with Crippen LogP contribution < -0.4 is 5.32 Å². The van der Waals surface area contributed by atoms with Crippen LogP contribution in [0, 0.1) is 0 Å². The molecule has 0 spiro atoms. The molecule has 1 unspecified atom stereocenters. The van der Waals surface area contributed by atoms with E-state index in [0.717, 1.165) is 38.0 Å². The van der Waals surface area contributed by atoms with Crippen LogP contribution in [0.2, 0.25) is 10.0 Å². The largest absolute Gasteiger partial charge is 0.330 e. The van der Waals surface area contributed by atoms with Gasteiger partial charge < -0.3 is 10.2 Å². The van der Waals surface area contributed by atoms with Crippen LogP contribution in [0.15, 0.2) is 42.6 Å². The van der Waals surface area contributed by atoms with Gasteiger partial charge in [-0.3, -0.25) is 9.78 Å². The van der Waals surface area contributed by atoms with E-state index in [9.17, 15) is 4.79 Å². The summed E-state index contributed by atoms with van der Waals surface area (Å²) in [6, 6.07) is 10.9. The molecular formula is C19H21Cl2N3O. The molecule has 0 aliphatic carbocycles. The lowest BCUT2D eigenvalue weighted by Gasteiger charge is -2.31. The van der Waals surface area contributed by atoms with Gasteiger partial charge >= 0.3 is 0 Å². The van der Waals surface area contributed by atoms with Crippen molar-refractivity contribution >= 4 is 29.1 Å². The van der Waals surface area contributed by atoms with Gasteiger partial charge in [-0.05, 0) is 62.7 Å². The fraction of sp³-hybridized carbons (Fsp3) is 0.368. The fourth-order valence-electron chi connectivity index (χ4n) is 3.16. The highest BCUT2D eigenvalue weighted by Gasteiger charge is 2.27. The molecule has 1 aromatic carbocycles. The van der Waals surface area contributed by atoms with E-state index >= 15 is 0 Å². The van der Waals surface area contributed by atoms with Crippen LogP contribution in [-0.2, 0) is 6.54 Å². The summed E-state index contributed by atoms with van der Waals surface area (Å²) in [4.78, 5) is 19.5. The maximum Gasteiger partial charge on any atom is 0.256 e. The zero-order valence-electron chi connectivity index (χ0n) is 13.9. The van der Waals surface area contributed by atoms with Crippen molar-refractivity contribution in [3.8, 4) is 0 Å². The normalized spacial score (nSPS) is 17.8. The molecule has 1 aromatic heterocycles. The molecule has 1 amide bonds. The lowest BCUT2D eigenvalue weighted by atomic mass is 10.0. The first kappa shape index (κ1) is 18.2. The average molecular weight is 378 g/mol. The summed E-state index contributed by atoms with van der Waals surface area (Å²) in [6.45, 7) is 2.35. The first-order valence-electron chi connectivity index (χ1n) is 8.52. The number of nitrogens with zero attached hydrogens (tertiary/aromatic N) is 2. The molecule has 2 heterocycles. The fourth-order valence-corrected chi connectivity index (χ4v) is 3.53. The van der Waals surface area contributed by atoms with Gasteiger partial charge in [0.25, 0.3) is 5.91 Å². The summed E-state index contributed by atoms with van der Waals surface area (Å²) >= 11 is 12.4. The molecule has 4 nitrogen and oxygen atoms in total. The minimum atomic E-state index is -0.0925. The predicted octanol–water partition coefficient (Wildman–Crippen LogP) is 4.17. The molecule has 132 valence electrons. The smallest absolute Gasteiger partial charge is 0.256 e. The van der Waals surface area contributed by atoms with Gasteiger partial charge in [0.15, 0.2) is 0 Å². The Hall–Kier alpha value is -1.62. The van der Waals surface area contributed by atoms with Crippen molar-refractivity contribution in [1.82, 2.24) is 15.2 Å². The zero-order chi connectivity index (χ0) is 17.6. The van der Waals surface area contributed by atoms with E-state index < -0.39 is 0 Å². The molecule has 3 rings (SSSR count). The summed E-state index contributed by atoms with van der Waals surface area (Å²) < 4.78 is 0. The number of carbonyl (C=O) groups is 1. The third-order valence-corrected chi connectivity index (χ3v) is 5.03. The quantitative estimate of drug-likeness (QED) is 0.869. The van der Waals surface area contributed by atoms with Gasteiger partial charge in [0, 0.05) is 17.3 Å². The van der Waals surface area contributed by atoms with Gasteiger partial charge in [0.2, 0.25) is 0 Å². The average Bonchev–Trinajstić information content (AvgIpc) is 2.91. The SMILES string of the molecule is O=C(c1cc(Cl)ccc1Cl)N(Cc1ccccn1)C1CCCNCC1. The molecule has 1 atom stereocenters. The summed E-state index contributed by atoms with van der Waals surface area (Å²) in [6.07, 6.45) is 4.67. The monoisotopic (exact) mass is 377 g/mol. The molecule has 1 fully saturated rings. The maximum absolute atomic E-state index is 13.3. The summed E-state index contributed by atoms with van der Waals surface area (Å²) in [5.41, 5.74) is 1.31. The topological polar surface area (TPSA) is 45.2 Å². The van der Waals surface area contributed by atoms with E-state index in [1.54, 1.807) is 24.4 Å². The van der Waals surface area contributed by atoms with E-state index in [4.69, 9.17) is 23.2 Å². The molecule has 1 aliphatic rings. The Labute approximate surface area is 158 Å². The summed E-state index contributed by atoms with van der Waals surface area (Å²) in [5, 5.41) is 4.33. The molecule has 0 radical (unpaired) electrons. The Morgan fingerprint density at radius 3 is 2.88 bits per heavy atom. The van der Waals surface area contributed by atoms with Crippen molar-refractivity contribution in [1.29, 1.82) is 0 Å². The predicted molar refractivity (Wildman–Crippen MR) is 101 cm³/mol. The summed E-state index contributed by atoms with van der Waals surface area (Å²) in [5.74, 6) is -0.0925. The second kappa shape index (κ2) is 8.65. The first-order valence-corrected chi connectivity index (χ1v) is 9.27. The number of halogens is 2. The van der Waals surface area contributed by atoms with Gasteiger partial charge in [-0.1, -0.05) is 29.3 Å². The zero-order valence-corrected chi connectivity index (χ0v) is 15.4. The van der Waals surface area contributed by atoms with Crippen molar-refractivity contribution in [2.75, 3.05) is 13.1 Å². The van der Waals surface area contributed by atoms with E-state index in [1.807, 2.05) is 23.1 Å². The van der Waals surface area contributed by atoms with Crippen molar-refractivity contribution in [2.45, 2.75) is 31.8 Å². The second-order valence-electron chi connectivity index (χ2n) is 6.21. The number of hydrogen-bond donors (Lipinski definition) is 1. The number of carbonyl (C=O) groups excluding carboxylic acids is 1. The van der Waals surface area contributed by atoms with Gasteiger partial charge in [-0.15, -0.1) is 0 Å². The molecule has 0 bridgehead atoms. The van der Waals surface area contributed by atoms with Crippen molar-refractivity contribution in [3.05, 3.63) is 63.9 Å². The Morgan fingerprint density at radius 2 is 2.08 bits per heavy atom. The first-order chi connectivity index (χ1) is 12.1. The Balaban J connectivity index is 1.91. The molecular weight excluding hydrogens is 357 g/mol. The van der Waals surface area contributed by atoms with Crippen LogP contribution in [0.5, 0.6) is 0 Å². The van der Waals surface area contributed by atoms with Crippen LogP contribution in [0.1, 0.15) is 35.3 Å². The number of rotatable bonds is 4. The Morgan fingerprint density at radius 1 is 1.20 bits per heavy atom. The Bertz CT molecular complexity index is 716. The molecule has 1 aliphatic heterocycles. The van der Waals surface area contributed by atoms with Gasteiger partial charge in [0.1, 0.15) is 0 Å². The van der Waals surface area contributed by atoms with Crippen molar-refractivity contribution < 1.29 is 4.79 Å². The van der Waals surface area contributed by atoms with E-state index in [2.05, 4.69) is 10.3 Å². The number of pyridine rings is 1. The number of aromatic nitrogens is 1. The number of hydrogen-bond acceptors (Lipinski definition) is 3. The van der Waals surface area contributed by atoms with Crippen molar-refractivity contribution in [3.63, 3.8) is 0 Å². The molecule has 2 aromatic rings. The Kier molecular flexibility index (Phi) is 6.29. The number of benzene rings is 1. The third-order valence-electron chi connectivity index (χ3n) is 4.46. The van der Waals surface area contributed by atoms with Crippen LogP contribution in [0.25, 0.3) is 0 Å². The highest BCUT2D eigenvalue weighted by molar-refractivity contribution is 6.35. The molecule has 25 heavy (non-hydrogen) atoms. The van der Waals surface area contributed by atoms with Crippen LogP contribution >= 0.6 is 23.2 Å². The molecule has 6 heteroatoms. The lowest BCUT2D eigenvalue weighted by Crippen LogP contribution is -2.40. The van der Waals surface area contributed by atoms with Crippen molar-refractivity contribution in [2.24, 2.45) is 0 Å². The highest BCUT2D eigenvalue weighted by atomic mass is 35.5. The van der Waals surface area contributed by atoms with E-state index in [0.29, 0.717) is 22.2 Å². The third kappa shape index (κ3) is 4.72. The van der Waals surface area contributed by atoms with Gasteiger partial charge in [-0.25, -0.2) is 0 Å². The second-order valence-corrected chi connectivity index (χ2v) is 7.06. The van der Waals surface area contributed by atoms with Crippen LogP contribution in [0.4, 0.5) is 0 Å².